The lowest BCUT2D eigenvalue weighted by Gasteiger charge is -2.60. The summed E-state index contributed by atoms with van der Waals surface area (Å²) < 4.78 is 7.24. The van der Waals surface area contributed by atoms with Crippen LogP contribution in [0, 0.1) is 5.41 Å². The fourth-order valence-corrected chi connectivity index (χ4v) is 4.17. The van der Waals surface area contributed by atoms with Crippen molar-refractivity contribution in [2.75, 3.05) is 31.1 Å². The molecule has 27 heavy (non-hydrogen) atoms. The Bertz CT molecular complexity index is 961. The minimum atomic E-state index is -0.490. The number of nitrogens with zero attached hydrogens (tertiary/aromatic N) is 5. The number of carbonyl (C=O) groups is 1. The number of aryl methyl sites for hydroxylation is 1. The molecule has 0 saturated carbocycles. The van der Waals surface area contributed by atoms with Crippen molar-refractivity contribution in [3.8, 4) is 0 Å². The highest BCUT2D eigenvalue weighted by molar-refractivity contribution is 9.10. The minimum absolute atomic E-state index is 0.0442. The number of hydrogen-bond acceptors (Lipinski definition) is 6. The van der Waals surface area contributed by atoms with Crippen molar-refractivity contribution >= 4 is 33.5 Å². The molecule has 0 aliphatic carbocycles. The van der Waals surface area contributed by atoms with Crippen molar-refractivity contribution in [1.29, 1.82) is 0 Å². The van der Waals surface area contributed by atoms with E-state index in [1.54, 1.807) is 4.90 Å². The van der Waals surface area contributed by atoms with E-state index in [0.29, 0.717) is 35.7 Å². The van der Waals surface area contributed by atoms with E-state index in [9.17, 15) is 9.59 Å². The Labute approximate surface area is 164 Å². The van der Waals surface area contributed by atoms with E-state index in [-0.39, 0.29) is 17.1 Å². The Morgan fingerprint density at radius 3 is 2.52 bits per heavy atom. The number of halogens is 1. The Morgan fingerprint density at radius 2 is 1.93 bits per heavy atom. The highest BCUT2D eigenvalue weighted by atomic mass is 79.9. The molecule has 0 radical (unpaired) electrons. The second-order valence-electron chi connectivity index (χ2n) is 8.41. The SMILES string of the molecule is CCc1nc2nc(Br)[nH]n2c(=O)c1N1CC2(CN(C(=O)OC(C)(C)C)C2)C1. The number of rotatable bonds is 2. The average molecular weight is 439 g/mol. The molecule has 4 rings (SSSR count). The summed E-state index contributed by atoms with van der Waals surface area (Å²) in [4.78, 5) is 37.5. The molecule has 2 aliphatic heterocycles. The number of ether oxygens (including phenoxy) is 1. The van der Waals surface area contributed by atoms with Gasteiger partial charge in [0.2, 0.25) is 0 Å². The monoisotopic (exact) mass is 438 g/mol. The lowest BCUT2D eigenvalue weighted by atomic mass is 9.72. The summed E-state index contributed by atoms with van der Waals surface area (Å²) in [6, 6.07) is 0. The number of nitrogens with one attached hydrogen (secondary N) is 1. The van der Waals surface area contributed by atoms with Gasteiger partial charge >= 0.3 is 6.09 Å². The molecule has 4 heterocycles. The summed E-state index contributed by atoms with van der Waals surface area (Å²) in [5, 5.41) is 2.87. The van der Waals surface area contributed by atoms with Gasteiger partial charge < -0.3 is 14.5 Å². The zero-order valence-electron chi connectivity index (χ0n) is 15.9. The minimum Gasteiger partial charge on any atom is -0.444 e. The van der Waals surface area contributed by atoms with Gasteiger partial charge in [0, 0.05) is 31.6 Å². The number of likely N-dealkylation sites (tertiary alicyclic amines) is 1. The first-order valence-corrected chi connectivity index (χ1v) is 9.80. The predicted molar refractivity (Wildman–Crippen MR) is 103 cm³/mol. The maximum Gasteiger partial charge on any atom is 0.410 e. The molecule has 1 amide bonds. The van der Waals surface area contributed by atoms with Gasteiger partial charge in [-0.05, 0) is 43.1 Å². The van der Waals surface area contributed by atoms with Crippen LogP contribution in [-0.4, -0.2) is 62.4 Å². The van der Waals surface area contributed by atoms with Crippen molar-refractivity contribution in [3.63, 3.8) is 0 Å². The number of hydrogen-bond donors (Lipinski definition) is 1. The molecule has 0 atom stereocenters. The summed E-state index contributed by atoms with van der Waals surface area (Å²) in [5.41, 5.74) is 0.774. The van der Waals surface area contributed by atoms with Gasteiger partial charge in [0.15, 0.2) is 4.73 Å². The molecule has 0 unspecified atom stereocenters. The summed E-state index contributed by atoms with van der Waals surface area (Å²) in [6.07, 6.45) is 0.380. The molecule has 0 aromatic carbocycles. The van der Waals surface area contributed by atoms with Gasteiger partial charge in [0.05, 0.1) is 5.69 Å². The van der Waals surface area contributed by atoms with Crippen LogP contribution in [0.15, 0.2) is 9.53 Å². The molecule has 2 aromatic heterocycles. The van der Waals surface area contributed by atoms with Crippen LogP contribution in [-0.2, 0) is 11.2 Å². The van der Waals surface area contributed by atoms with E-state index in [2.05, 4.69) is 35.9 Å². The highest BCUT2D eigenvalue weighted by Gasteiger charge is 2.54. The van der Waals surface area contributed by atoms with Gasteiger partial charge in [0.1, 0.15) is 11.3 Å². The van der Waals surface area contributed by atoms with Gasteiger partial charge in [-0.15, -0.1) is 0 Å². The van der Waals surface area contributed by atoms with Gasteiger partial charge in [-0.3, -0.25) is 9.89 Å². The van der Waals surface area contributed by atoms with Crippen LogP contribution in [0.3, 0.4) is 0 Å². The lowest BCUT2D eigenvalue weighted by Crippen LogP contribution is -2.73. The molecular weight excluding hydrogens is 416 g/mol. The number of H-pyrrole nitrogens is 1. The predicted octanol–water partition coefficient (Wildman–Crippen LogP) is 1.80. The summed E-state index contributed by atoms with van der Waals surface area (Å²) in [6.45, 7) is 10.4. The second kappa shape index (κ2) is 5.95. The Hall–Kier alpha value is -2.10. The number of carbonyl (C=O) groups excluding carboxylic acids is 1. The van der Waals surface area contributed by atoms with E-state index in [1.807, 2.05) is 27.7 Å². The van der Waals surface area contributed by atoms with E-state index < -0.39 is 5.60 Å². The molecule has 0 bridgehead atoms. The molecule has 1 N–H and O–H groups in total. The maximum atomic E-state index is 12.9. The third-order valence-electron chi connectivity index (χ3n) is 4.92. The third kappa shape index (κ3) is 3.09. The van der Waals surface area contributed by atoms with Crippen LogP contribution in [0.2, 0.25) is 0 Å². The highest BCUT2D eigenvalue weighted by Crippen LogP contribution is 2.42. The van der Waals surface area contributed by atoms with E-state index in [1.165, 1.54) is 4.52 Å². The van der Waals surface area contributed by atoms with Gasteiger partial charge in [-0.25, -0.2) is 9.78 Å². The zero-order chi connectivity index (χ0) is 19.6. The second-order valence-corrected chi connectivity index (χ2v) is 9.16. The maximum absolute atomic E-state index is 12.9. The lowest BCUT2D eigenvalue weighted by molar-refractivity contribution is -0.0454. The van der Waals surface area contributed by atoms with Crippen molar-refractivity contribution in [1.82, 2.24) is 24.5 Å². The van der Waals surface area contributed by atoms with Crippen LogP contribution in [0.1, 0.15) is 33.4 Å². The normalized spacial score (nSPS) is 18.6. The average Bonchev–Trinajstić information content (AvgIpc) is 2.85. The van der Waals surface area contributed by atoms with Crippen LogP contribution in [0.5, 0.6) is 0 Å². The molecule has 2 aromatic rings. The van der Waals surface area contributed by atoms with E-state index >= 15 is 0 Å². The fraction of sp³-hybridized carbons (Fsp3) is 0.647. The molecule has 10 heteroatoms. The topological polar surface area (TPSA) is 95.8 Å². The third-order valence-corrected chi connectivity index (χ3v) is 5.28. The van der Waals surface area contributed by atoms with Crippen molar-refractivity contribution in [3.05, 3.63) is 20.8 Å². The number of anilines is 1. The summed E-state index contributed by atoms with van der Waals surface area (Å²) in [5.74, 6) is 0.363. The Kier molecular flexibility index (Phi) is 4.03. The molecular formula is C17H23BrN6O3. The van der Waals surface area contributed by atoms with Crippen LogP contribution >= 0.6 is 15.9 Å². The first kappa shape index (κ1) is 18.3. The van der Waals surface area contributed by atoms with Crippen LogP contribution in [0.4, 0.5) is 10.5 Å². The number of aromatic amines is 1. The Morgan fingerprint density at radius 1 is 1.26 bits per heavy atom. The van der Waals surface area contributed by atoms with Crippen molar-refractivity contribution < 1.29 is 9.53 Å². The Balaban J connectivity index is 1.49. The van der Waals surface area contributed by atoms with E-state index in [4.69, 9.17) is 4.74 Å². The summed E-state index contributed by atoms with van der Waals surface area (Å²) in [7, 11) is 0. The summed E-state index contributed by atoms with van der Waals surface area (Å²) >= 11 is 3.25. The first-order valence-electron chi connectivity index (χ1n) is 9.01. The van der Waals surface area contributed by atoms with E-state index in [0.717, 1.165) is 18.8 Å². The van der Waals surface area contributed by atoms with Gasteiger partial charge in [0.25, 0.3) is 11.3 Å². The number of amides is 1. The van der Waals surface area contributed by atoms with Crippen LogP contribution < -0.4 is 10.5 Å². The van der Waals surface area contributed by atoms with Crippen molar-refractivity contribution in [2.45, 2.75) is 39.7 Å². The fourth-order valence-electron chi connectivity index (χ4n) is 3.83. The molecule has 2 aliphatic rings. The molecule has 1 spiro atoms. The quantitative estimate of drug-likeness (QED) is 0.767. The van der Waals surface area contributed by atoms with Crippen LogP contribution in [0.25, 0.3) is 5.78 Å². The smallest absolute Gasteiger partial charge is 0.410 e. The van der Waals surface area contributed by atoms with Gasteiger partial charge in [-0.2, -0.15) is 9.50 Å². The molecule has 2 saturated heterocycles. The number of aromatic nitrogens is 4. The molecule has 2 fully saturated rings. The molecule has 146 valence electrons. The molecule has 9 nitrogen and oxygen atoms in total. The standard InChI is InChI=1S/C17H23BrN6O3/c1-5-10-11(12(25)24-14(19-10)20-13(18)21-24)22-6-17(7-22)8-23(9-17)15(26)27-16(2,3)4/h5-9H2,1-4H3,(H,19,20,21). The first-order chi connectivity index (χ1) is 12.6. The zero-order valence-corrected chi connectivity index (χ0v) is 17.5. The van der Waals surface area contributed by atoms with Gasteiger partial charge in [-0.1, -0.05) is 6.92 Å². The van der Waals surface area contributed by atoms with Crippen molar-refractivity contribution in [2.24, 2.45) is 5.41 Å². The largest absolute Gasteiger partial charge is 0.444 e. The number of fused-ring (bicyclic) bond motifs is 1.